The summed E-state index contributed by atoms with van der Waals surface area (Å²) < 4.78 is 5.36. The number of aromatic nitrogens is 2. The molecule has 0 saturated heterocycles. The second-order valence-electron chi connectivity index (χ2n) is 5.15. The van der Waals surface area contributed by atoms with E-state index in [1.165, 1.54) is 0 Å². The Morgan fingerprint density at radius 2 is 1.95 bits per heavy atom. The number of ether oxygens (including phenoxy) is 1. The van der Waals surface area contributed by atoms with Crippen LogP contribution in [0.5, 0.6) is 0 Å². The van der Waals surface area contributed by atoms with Crippen LogP contribution in [0.25, 0.3) is 0 Å². The molecule has 1 heterocycles. The van der Waals surface area contributed by atoms with Crippen molar-refractivity contribution in [2.45, 2.75) is 45.3 Å². The highest BCUT2D eigenvalue weighted by Crippen LogP contribution is 2.31. The van der Waals surface area contributed by atoms with Crippen molar-refractivity contribution in [3.8, 4) is 0 Å². The Morgan fingerprint density at radius 1 is 1.25 bits per heavy atom. The van der Waals surface area contributed by atoms with Crippen LogP contribution >= 0.6 is 0 Å². The van der Waals surface area contributed by atoms with E-state index in [-0.39, 0.29) is 0 Å². The zero-order chi connectivity index (χ0) is 14.4. The van der Waals surface area contributed by atoms with Crippen LogP contribution in [0.2, 0.25) is 0 Å². The molecule has 1 aromatic heterocycles. The molecule has 0 radical (unpaired) electrons. The normalized spacial score (nSPS) is 16.6. The van der Waals surface area contributed by atoms with Crippen LogP contribution in [0.3, 0.4) is 0 Å². The molecule has 0 aliphatic heterocycles. The fourth-order valence-corrected chi connectivity index (χ4v) is 2.13. The van der Waals surface area contributed by atoms with Crippen molar-refractivity contribution >= 4 is 11.6 Å². The summed E-state index contributed by atoms with van der Waals surface area (Å²) in [6.45, 7) is 6.33. The molecule has 0 amide bonds. The SMILES string of the molecule is CCNc1cc(NCC2(O)CCC2)nc(COCC)n1. The molecular formula is C14H24N4O2. The minimum absolute atomic E-state index is 0.398. The Hall–Kier alpha value is -1.40. The maximum absolute atomic E-state index is 10.1. The first-order valence-electron chi connectivity index (χ1n) is 7.31. The van der Waals surface area contributed by atoms with Gasteiger partial charge in [-0.05, 0) is 33.1 Å². The lowest BCUT2D eigenvalue weighted by atomic mass is 9.80. The van der Waals surface area contributed by atoms with Crippen molar-refractivity contribution in [2.75, 3.05) is 30.3 Å². The molecule has 0 spiro atoms. The number of nitrogens with one attached hydrogen (secondary N) is 2. The Balaban J connectivity index is 2.02. The summed E-state index contributed by atoms with van der Waals surface area (Å²) in [7, 11) is 0. The van der Waals surface area contributed by atoms with Gasteiger partial charge in [0.2, 0.25) is 0 Å². The fraction of sp³-hybridized carbons (Fsp3) is 0.714. The quantitative estimate of drug-likeness (QED) is 0.673. The molecule has 0 bridgehead atoms. The summed E-state index contributed by atoms with van der Waals surface area (Å²) in [6.07, 6.45) is 2.81. The van der Waals surface area contributed by atoms with Gasteiger partial charge in [0.15, 0.2) is 5.82 Å². The standard InChI is InChI=1S/C14H24N4O2/c1-3-15-11-8-12(16-10-14(19)6-5-7-14)18-13(17-11)9-20-4-2/h8,19H,3-7,9-10H2,1-2H3,(H2,15,16,17,18). The molecular weight excluding hydrogens is 256 g/mol. The molecule has 112 valence electrons. The number of aliphatic hydroxyl groups is 1. The third-order valence-electron chi connectivity index (χ3n) is 3.45. The first-order chi connectivity index (χ1) is 9.65. The first-order valence-corrected chi connectivity index (χ1v) is 7.31. The number of hydrogen-bond acceptors (Lipinski definition) is 6. The molecule has 0 atom stereocenters. The van der Waals surface area contributed by atoms with Crippen LogP contribution in [0, 0.1) is 0 Å². The predicted molar refractivity (Wildman–Crippen MR) is 78.8 cm³/mol. The molecule has 0 unspecified atom stereocenters. The highest BCUT2D eigenvalue weighted by molar-refractivity contribution is 5.47. The first kappa shape index (κ1) is 15.0. The van der Waals surface area contributed by atoms with Gasteiger partial charge in [-0.3, -0.25) is 0 Å². The van der Waals surface area contributed by atoms with E-state index >= 15 is 0 Å². The lowest BCUT2D eigenvalue weighted by molar-refractivity contribution is -0.0202. The summed E-state index contributed by atoms with van der Waals surface area (Å²) in [5.41, 5.74) is -0.566. The summed E-state index contributed by atoms with van der Waals surface area (Å²) >= 11 is 0. The number of rotatable bonds is 8. The Kier molecular flexibility index (Phi) is 5.14. The molecule has 0 aromatic carbocycles. The molecule has 1 aliphatic carbocycles. The fourth-order valence-electron chi connectivity index (χ4n) is 2.13. The minimum atomic E-state index is -0.566. The zero-order valence-corrected chi connectivity index (χ0v) is 12.3. The van der Waals surface area contributed by atoms with Gasteiger partial charge < -0.3 is 20.5 Å². The molecule has 1 aliphatic rings. The van der Waals surface area contributed by atoms with Gasteiger partial charge >= 0.3 is 0 Å². The summed E-state index contributed by atoms with van der Waals surface area (Å²) in [5, 5.41) is 16.5. The largest absolute Gasteiger partial charge is 0.388 e. The predicted octanol–water partition coefficient (Wildman–Crippen LogP) is 1.77. The molecule has 2 rings (SSSR count). The van der Waals surface area contributed by atoms with Crippen LogP contribution in [0.1, 0.15) is 38.9 Å². The van der Waals surface area contributed by atoms with Crippen molar-refractivity contribution in [1.82, 2.24) is 9.97 Å². The molecule has 1 aromatic rings. The van der Waals surface area contributed by atoms with Gasteiger partial charge in [0.1, 0.15) is 18.2 Å². The van der Waals surface area contributed by atoms with Crippen LogP contribution in [-0.4, -0.2) is 40.4 Å². The van der Waals surface area contributed by atoms with Crippen LogP contribution < -0.4 is 10.6 Å². The van der Waals surface area contributed by atoms with Crippen molar-refractivity contribution in [3.05, 3.63) is 11.9 Å². The van der Waals surface area contributed by atoms with Crippen LogP contribution in [0.4, 0.5) is 11.6 Å². The molecule has 20 heavy (non-hydrogen) atoms. The third kappa shape index (κ3) is 4.05. The van der Waals surface area contributed by atoms with Gasteiger partial charge in [-0.15, -0.1) is 0 Å². The van der Waals surface area contributed by atoms with E-state index in [9.17, 15) is 5.11 Å². The van der Waals surface area contributed by atoms with Crippen molar-refractivity contribution < 1.29 is 9.84 Å². The third-order valence-corrected chi connectivity index (χ3v) is 3.45. The van der Waals surface area contributed by atoms with E-state index in [4.69, 9.17) is 4.74 Å². The highest BCUT2D eigenvalue weighted by Gasteiger charge is 2.34. The van der Waals surface area contributed by atoms with E-state index in [2.05, 4.69) is 20.6 Å². The van der Waals surface area contributed by atoms with Gasteiger partial charge in [0, 0.05) is 25.8 Å². The van der Waals surface area contributed by atoms with E-state index in [0.29, 0.717) is 25.6 Å². The minimum Gasteiger partial charge on any atom is -0.388 e. The Bertz CT molecular complexity index is 435. The van der Waals surface area contributed by atoms with Gasteiger partial charge in [-0.25, -0.2) is 9.97 Å². The number of hydrogen-bond donors (Lipinski definition) is 3. The highest BCUT2D eigenvalue weighted by atomic mass is 16.5. The smallest absolute Gasteiger partial charge is 0.158 e. The van der Waals surface area contributed by atoms with Gasteiger partial charge in [-0.2, -0.15) is 0 Å². The molecule has 1 saturated carbocycles. The molecule has 3 N–H and O–H groups in total. The lowest BCUT2D eigenvalue weighted by Crippen LogP contribution is -2.43. The topological polar surface area (TPSA) is 79.3 Å². The van der Waals surface area contributed by atoms with E-state index in [1.807, 2.05) is 19.9 Å². The summed E-state index contributed by atoms with van der Waals surface area (Å²) in [6, 6.07) is 1.86. The lowest BCUT2D eigenvalue weighted by Gasteiger charge is -2.36. The van der Waals surface area contributed by atoms with Crippen LogP contribution in [0.15, 0.2) is 6.07 Å². The second kappa shape index (κ2) is 6.85. The van der Waals surface area contributed by atoms with E-state index in [1.54, 1.807) is 0 Å². The molecule has 6 nitrogen and oxygen atoms in total. The van der Waals surface area contributed by atoms with Gasteiger partial charge in [0.05, 0.1) is 5.60 Å². The monoisotopic (exact) mass is 280 g/mol. The van der Waals surface area contributed by atoms with Crippen molar-refractivity contribution in [1.29, 1.82) is 0 Å². The van der Waals surface area contributed by atoms with Gasteiger partial charge in [-0.1, -0.05) is 0 Å². The summed E-state index contributed by atoms with van der Waals surface area (Å²) in [5.74, 6) is 2.15. The van der Waals surface area contributed by atoms with Crippen LogP contribution in [-0.2, 0) is 11.3 Å². The van der Waals surface area contributed by atoms with E-state index < -0.39 is 5.60 Å². The number of nitrogens with zero attached hydrogens (tertiary/aromatic N) is 2. The van der Waals surface area contributed by atoms with Crippen molar-refractivity contribution in [3.63, 3.8) is 0 Å². The zero-order valence-electron chi connectivity index (χ0n) is 12.3. The van der Waals surface area contributed by atoms with E-state index in [0.717, 1.165) is 37.4 Å². The van der Waals surface area contributed by atoms with Crippen molar-refractivity contribution in [2.24, 2.45) is 0 Å². The maximum atomic E-state index is 10.1. The second-order valence-corrected chi connectivity index (χ2v) is 5.15. The average Bonchev–Trinajstić information content (AvgIpc) is 2.41. The Labute approximate surface area is 120 Å². The van der Waals surface area contributed by atoms with Gasteiger partial charge in [0.25, 0.3) is 0 Å². The average molecular weight is 280 g/mol. The molecule has 1 fully saturated rings. The number of anilines is 2. The molecule has 6 heteroatoms. The Morgan fingerprint density at radius 3 is 2.50 bits per heavy atom. The summed E-state index contributed by atoms with van der Waals surface area (Å²) in [4.78, 5) is 8.81. The maximum Gasteiger partial charge on any atom is 0.158 e.